The third-order valence-corrected chi connectivity index (χ3v) is 8.37. The smallest absolute Gasteiger partial charge is 0.426 e. The molecule has 2 rings (SSSR count). The number of halogens is 1. The molecule has 0 saturated carbocycles. The van der Waals surface area contributed by atoms with Crippen LogP contribution in [0.5, 0.6) is 0 Å². The molecule has 6 nitrogen and oxygen atoms in total. The molecule has 0 aliphatic rings. The van der Waals surface area contributed by atoms with E-state index in [9.17, 15) is 19.2 Å². The summed E-state index contributed by atoms with van der Waals surface area (Å²) in [5.74, 6) is -0.730. The molecule has 0 saturated heterocycles. The average Bonchev–Trinajstić information content (AvgIpc) is 2.81. The summed E-state index contributed by atoms with van der Waals surface area (Å²) >= 11 is 3.31. The zero-order chi connectivity index (χ0) is 23.6. The Morgan fingerprint density at radius 2 is 1.47 bits per heavy atom. The van der Waals surface area contributed by atoms with Crippen LogP contribution < -0.4 is 0 Å². The maximum atomic E-state index is 13.2. The van der Waals surface area contributed by atoms with Gasteiger partial charge in [-0.15, -0.1) is 4.76 Å². The fraction of sp³-hybridized carbons (Fsp3) is 0.292. The van der Waals surface area contributed by atoms with Gasteiger partial charge in [-0.3, -0.25) is 14.4 Å². The first-order valence-corrected chi connectivity index (χ1v) is 13.2. The van der Waals surface area contributed by atoms with Crippen molar-refractivity contribution in [2.24, 2.45) is 4.76 Å². The van der Waals surface area contributed by atoms with Crippen molar-refractivity contribution in [3.8, 4) is 0 Å². The van der Waals surface area contributed by atoms with Crippen molar-refractivity contribution in [2.75, 3.05) is 18.9 Å². The van der Waals surface area contributed by atoms with Crippen molar-refractivity contribution >= 4 is 52.6 Å². The van der Waals surface area contributed by atoms with Crippen LogP contribution in [0, 0.1) is 0 Å². The van der Waals surface area contributed by atoms with Crippen molar-refractivity contribution < 1.29 is 23.9 Å². The van der Waals surface area contributed by atoms with Gasteiger partial charge in [0.2, 0.25) is 0 Å². The number of hydrogen-bond acceptors (Lipinski definition) is 6. The first kappa shape index (κ1) is 25.8. The summed E-state index contributed by atoms with van der Waals surface area (Å²) in [6, 6.07) is 15.8. The summed E-state index contributed by atoms with van der Waals surface area (Å²) in [6.45, 7) is 2.91. The second-order valence-corrected chi connectivity index (χ2v) is 11.2. The van der Waals surface area contributed by atoms with Crippen molar-refractivity contribution in [3.63, 3.8) is 0 Å². The minimum Gasteiger partial charge on any atom is -0.426 e. The topological polar surface area (TPSA) is 89.9 Å². The zero-order valence-corrected chi connectivity index (χ0v) is 20.6. The standard InChI is InChI=1S/C24H26BrNO5P/c1-3-21(27)16-32(17-22(28)4-2,26-14-18-8-6-5-7-9-18)24(30)31-15-23(29)19-10-12-20(25)13-11-19/h5-14H,3-4,15-17H2,1-2H3/q+1. The van der Waals surface area contributed by atoms with Crippen LogP contribution in [0.1, 0.15) is 42.6 Å². The Morgan fingerprint density at radius 3 is 2.00 bits per heavy atom. The highest BCUT2D eigenvalue weighted by Crippen LogP contribution is 2.62. The number of ketones is 3. The summed E-state index contributed by atoms with van der Waals surface area (Å²) < 4.78 is 10.7. The van der Waals surface area contributed by atoms with Gasteiger partial charge in [0, 0.05) is 22.9 Å². The average molecular weight is 519 g/mol. The van der Waals surface area contributed by atoms with Crippen LogP contribution in [0.3, 0.4) is 0 Å². The van der Waals surface area contributed by atoms with Crippen LogP contribution in [0.4, 0.5) is 4.79 Å². The number of carbonyl (C=O) groups is 4. The molecule has 8 heteroatoms. The number of benzene rings is 2. The lowest BCUT2D eigenvalue weighted by Gasteiger charge is -2.18. The van der Waals surface area contributed by atoms with Crippen molar-refractivity contribution in [1.29, 1.82) is 0 Å². The Hall–Kier alpha value is -2.50. The largest absolute Gasteiger partial charge is 0.477 e. The van der Waals surface area contributed by atoms with Gasteiger partial charge in [0.25, 0.3) is 7.41 Å². The summed E-state index contributed by atoms with van der Waals surface area (Å²) in [6.07, 6.45) is 1.62. The Labute approximate surface area is 197 Å². The van der Waals surface area contributed by atoms with Crippen LogP contribution in [0.15, 0.2) is 63.8 Å². The van der Waals surface area contributed by atoms with E-state index in [-0.39, 0.29) is 42.5 Å². The zero-order valence-electron chi connectivity index (χ0n) is 18.1. The molecule has 0 unspecified atom stereocenters. The lowest BCUT2D eigenvalue weighted by atomic mass is 10.1. The highest BCUT2D eigenvalue weighted by molar-refractivity contribution is 9.10. The first-order valence-electron chi connectivity index (χ1n) is 10.3. The third kappa shape index (κ3) is 7.57. The predicted molar refractivity (Wildman–Crippen MR) is 131 cm³/mol. The van der Waals surface area contributed by atoms with Crippen molar-refractivity contribution in [1.82, 2.24) is 0 Å². The normalized spacial score (nSPS) is 11.3. The van der Waals surface area contributed by atoms with Gasteiger partial charge in [0.15, 0.2) is 36.3 Å². The van der Waals surface area contributed by atoms with Crippen LogP contribution >= 0.6 is 23.3 Å². The third-order valence-electron chi connectivity index (χ3n) is 4.72. The molecular weight excluding hydrogens is 493 g/mol. The van der Waals surface area contributed by atoms with E-state index in [2.05, 4.69) is 20.7 Å². The number of Topliss-reactive ketones (excluding diaryl/α,β-unsaturated/α-hetero) is 3. The van der Waals surface area contributed by atoms with Gasteiger partial charge in [-0.1, -0.05) is 72.2 Å². The van der Waals surface area contributed by atoms with Gasteiger partial charge in [-0.25, -0.2) is 4.79 Å². The van der Waals surface area contributed by atoms with Gasteiger partial charge in [0.1, 0.15) is 0 Å². The highest BCUT2D eigenvalue weighted by atomic mass is 79.9. The SMILES string of the molecule is CCC(=O)C[P+](CC(=O)CC)(N=Cc1ccccc1)C(=O)OCC(=O)c1ccc(Br)cc1. The molecule has 32 heavy (non-hydrogen) atoms. The quantitative estimate of drug-likeness (QED) is 0.202. The van der Waals surface area contributed by atoms with Crippen LogP contribution in [-0.2, 0) is 14.3 Å². The number of nitrogens with zero attached hydrogens (tertiary/aromatic N) is 1. The molecule has 2 aromatic rings. The second-order valence-electron chi connectivity index (χ2n) is 7.16. The van der Waals surface area contributed by atoms with Crippen LogP contribution in [0.25, 0.3) is 0 Å². The van der Waals surface area contributed by atoms with E-state index >= 15 is 0 Å². The van der Waals surface area contributed by atoms with Crippen molar-refractivity contribution in [2.45, 2.75) is 26.7 Å². The van der Waals surface area contributed by atoms with E-state index in [0.29, 0.717) is 5.56 Å². The summed E-state index contributed by atoms with van der Waals surface area (Å²) in [7, 11) is -3.20. The second kappa shape index (κ2) is 12.5. The molecule has 0 heterocycles. The molecule has 0 radical (unpaired) electrons. The predicted octanol–water partition coefficient (Wildman–Crippen LogP) is 5.78. The molecular formula is C24H26BrNO5P+. The minimum absolute atomic E-state index is 0.163. The molecule has 0 aliphatic carbocycles. The van der Waals surface area contributed by atoms with E-state index in [0.717, 1.165) is 10.0 Å². The number of ether oxygens (including phenoxy) is 1. The van der Waals surface area contributed by atoms with Gasteiger partial charge >= 0.3 is 5.71 Å². The van der Waals surface area contributed by atoms with E-state index in [1.54, 1.807) is 38.1 Å². The van der Waals surface area contributed by atoms with Gasteiger partial charge < -0.3 is 4.74 Å². The molecule has 168 valence electrons. The maximum absolute atomic E-state index is 13.2. The fourth-order valence-electron chi connectivity index (χ4n) is 2.80. The molecule has 0 fully saturated rings. The highest BCUT2D eigenvalue weighted by Gasteiger charge is 2.52. The van der Waals surface area contributed by atoms with E-state index in [4.69, 9.17) is 4.74 Å². The first-order chi connectivity index (χ1) is 15.3. The molecule has 2 aromatic carbocycles. The van der Waals surface area contributed by atoms with Gasteiger partial charge in [-0.2, -0.15) is 0 Å². The van der Waals surface area contributed by atoms with E-state index in [1.165, 1.54) is 6.21 Å². The summed E-state index contributed by atoms with van der Waals surface area (Å²) in [4.78, 5) is 50.4. The Kier molecular flexibility index (Phi) is 10.1. The van der Waals surface area contributed by atoms with E-state index < -0.39 is 19.7 Å². The van der Waals surface area contributed by atoms with E-state index in [1.807, 2.05) is 30.3 Å². The molecule has 0 spiro atoms. The number of hydrogen-bond donors (Lipinski definition) is 0. The van der Waals surface area contributed by atoms with Crippen molar-refractivity contribution in [3.05, 3.63) is 70.2 Å². The summed E-state index contributed by atoms with van der Waals surface area (Å²) in [5, 5.41) is 0. The number of rotatable bonds is 12. The molecule has 0 bridgehead atoms. The molecule has 0 aromatic heterocycles. The molecule has 0 atom stereocenters. The lowest BCUT2D eigenvalue weighted by molar-refractivity contribution is -0.116. The maximum Gasteiger partial charge on any atom is 0.477 e. The Bertz CT molecular complexity index is 971. The molecule has 0 aliphatic heterocycles. The monoisotopic (exact) mass is 518 g/mol. The van der Waals surface area contributed by atoms with Gasteiger partial charge in [-0.05, 0) is 17.7 Å². The number of carbonyl (C=O) groups excluding carboxylic acids is 4. The molecule has 0 N–H and O–H groups in total. The Morgan fingerprint density at radius 1 is 0.906 bits per heavy atom. The minimum atomic E-state index is -3.20. The molecule has 0 amide bonds. The Balaban J connectivity index is 2.32. The van der Waals surface area contributed by atoms with Crippen LogP contribution in [0.2, 0.25) is 0 Å². The fourth-order valence-corrected chi connectivity index (χ4v) is 5.97. The lowest BCUT2D eigenvalue weighted by Crippen LogP contribution is -2.24. The van der Waals surface area contributed by atoms with Crippen LogP contribution in [-0.4, -0.2) is 48.2 Å². The van der Waals surface area contributed by atoms with Gasteiger partial charge in [0.05, 0.1) is 6.21 Å². The summed E-state index contributed by atoms with van der Waals surface area (Å²) in [5.41, 5.74) is 0.384.